The lowest BCUT2D eigenvalue weighted by Crippen LogP contribution is -2.26. The molecule has 4 nitrogen and oxygen atoms in total. The van der Waals surface area contributed by atoms with Crippen molar-refractivity contribution in [1.29, 1.82) is 0 Å². The maximum absolute atomic E-state index is 13.7. The molecule has 3 atom stereocenters. The van der Waals surface area contributed by atoms with Crippen molar-refractivity contribution in [2.45, 2.75) is 31.7 Å². The minimum absolute atomic E-state index is 0.293. The molecule has 0 heterocycles. The Bertz CT molecular complexity index is 532. The number of nitrogens with one attached hydrogen (secondary N) is 1. The van der Waals surface area contributed by atoms with E-state index in [1.807, 2.05) is 0 Å². The highest BCUT2D eigenvalue weighted by Crippen LogP contribution is 2.46. The van der Waals surface area contributed by atoms with Crippen LogP contribution in [0.2, 0.25) is 0 Å². The van der Waals surface area contributed by atoms with Crippen molar-refractivity contribution in [2.24, 2.45) is 11.8 Å². The number of fused-ring (bicyclic) bond motifs is 2. The fourth-order valence-corrected chi connectivity index (χ4v) is 3.50. The molecule has 102 valence electrons. The molecule has 2 aliphatic carbocycles. The predicted octanol–water partition coefficient (Wildman–Crippen LogP) is 2.71. The van der Waals surface area contributed by atoms with Gasteiger partial charge in [-0.2, -0.15) is 0 Å². The van der Waals surface area contributed by atoms with Crippen molar-refractivity contribution in [3.8, 4) is 0 Å². The maximum atomic E-state index is 13.7. The number of carboxylic acid groups (broad SMARTS) is 1. The van der Waals surface area contributed by atoms with Gasteiger partial charge in [-0.15, -0.1) is 0 Å². The molecule has 4 N–H and O–H groups in total. The van der Waals surface area contributed by atoms with Gasteiger partial charge in [0.1, 0.15) is 5.82 Å². The number of nitrogen functional groups attached to an aromatic ring is 1. The van der Waals surface area contributed by atoms with Crippen LogP contribution < -0.4 is 11.1 Å². The fraction of sp³-hybridized carbons (Fsp3) is 0.500. The molecule has 3 rings (SSSR count). The summed E-state index contributed by atoms with van der Waals surface area (Å²) in [6.07, 6.45) is 4.86. The number of carboxylic acids is 1. The summed E-state index contributed by atoms with van der Waals surface area (Å²) in [6, 6.07) is 2.73. The van der Waals surface area contributed by atoms with Gasteiger partial charge in [-0.05, 0) is 43.2 Å². The monoisotopic (exact) mass is 264 g/mol. The normalized spacial score (nSPS) is 28.6. The minimum atomic E-state index is -1.30. The zero-order valence-corrected chi connectivity index (χ0v) is 10.5. The molecule has 1 aromatic rings. The summed E-state index contributed by atoms with van der Waals surface area (Å²) in [5.41, 5.74) is 6.24. The highest BCUT2D eigenvalue weighted by atomic mass is 19.1. The summed E-state index contributed by atoms with van der Waals surface area (Å²) in [5.74, 6) is -0.610. The Morgan fingerprint density at radius 3 is 2.74 bits per heavy atom. The second-order valence-electron chi connectivity index (χ2n) is 5.65. The standard InChI is InChI=1S/C14H17FN2O2/c15-10-6-13(11(16)5-9(10)14(18)19)17-12-4-7-1-2-8(12)3-7/h5-8,12,17H,1-4,16H2,(H,18,19). The van der Waals surface area contributed by atoms with Crippen LogP contribution in [0.25, 0.3) is 0 Å². The number of nitrogens with two attached hydrogens (primary N) is 1. The summed E-state index contributed by atoms with van der Waals surface area (Å²) in [4.78, 5) is 10.8. The summed E-state index contributed by atoms with van der Waals surface area (Å²) in [5, 5.41) is 12.1. The van der Waals surface area contributed by atoms with Gasteiger partial charge in [0.05, 0.1) is 16.9 Å². The third-order valence-corrected chi connectivity index (χ3v) is 4.45. The first kappa shape index (κ1) is 12.3. The molecule has 0 spiro atoms. The summed E-state index contributed by atoms with van der Waals surface area (Å²) < 4.78 is 13.7. The lowest BCUT2D eigenvalue weighted by atomic mass is 9.95. The van der Waals surface area contributed by atoms with Crippen molar-refractivity contribution < 1.29 is 14.3 Å². The number of aromatic carboxylic acids is 1. The first-order chi connectivity index (χ1) is 9.04. The number of hydrogen-bond acceptors (Lipinski definition) is 3. The average Bonchev–Trinajstić information content (AvgIpc) is 2.95. The van der Waals surface area contributed by atoms with E-state index in [-0.39, 0.29) is 5.56 Å². The minimum Gasteiger partial charge on any atom is -0.478 e. The number of carbonyl (C=O) groups is 1. The van der Waals surface area contributed by atoms with Crippen molar-refractivity contribution in [3.05, 3.63) is 23.5 Å². The van der Waals surface area contributed by atoms with Gasteiger partial charge in [-0.1, -0.05) is 6.42 Å². The fourth-order valence-electron chi connectivity index (χ4n) is 3.50. The molecule has 0 aromatic heterocycles. The smallest absolute Gasteiger partial charge is 0.338 e. The van der Waals surface area contributed by atoms with Gasteiger partial charge in [-0.3, -0.25) is 0 Å². The van der Waals surface area contributed by atoms with E-state index in [1.165, 1.54) is 31.4 Å². The molecule has 0 aliphatic heterocycles. The molecule has 1 aromatic carbocycles. The van der Waals surface area contributed by atoms with Crippen LogP contribution in [0, 0.1) is 17.7 Å². The molecule has 0 saturated heterocycles. The van der Waals surface area contributed by atoms with Crippen LogP contribution in [0.1, 0.15) is 36.0 Å². The van der Waals surface area contributed by atoms with Gasteiger partial charge in [0.25, 0.3) is 0 Å². The molecule has 19 heavy (non-hydrogen) atoms. The van der Waals surface area contributed by atoms with Gasteiger partial charge in [0, 0.05) is 6.04 Å². The van der Waals surface area contributed by atoms with Crippen molar-refractivity contribution in [1.82, 2.24) is 0 Å². The van der Waals surface area contributed by atoms with Crippen molar-refractivity contribution in [2.75, 3.05) is 11.1 Å². The van der Waals surface area contributed by atoms with Crippen LogP contribution in [0.5, 0.6) is 0 Å². The Morgan fingerprint density at radius 2 is 2.16 bits per heavy atom. The van der Waals surface area contributed by atoms with E-state index in [0.717, 1.165) is 12.3 Å². The van der Waals surface area contributed by atoms with E-state index in [2.05, 4.69) is 5.32 Å². The molecule has 0 amide bonds. The molecule has 5 heteroatoms. The SMILES string of the molecule is Nc1cc(C(=O)O)c(F)cc1NC1CC2CCC1C2. The maximum Gasteiger partial charge on any atom is 0.338 e. The van der Waals surface area contributed by atoms with Crippen LogP contribution in [0.3, 0.4) is 0 Å². The third kappa shape index (κ3) is 2.13. The lowest BCUT2D eigenvalue weighted by molar-refractivity contribution is 0.0692. The van der Waals surface area contributed by atoms with E-state index in [4.69, 9.17) is 10.8 Å². The van der Waals surface area contributed by atoms with Crippen LogP contribution >= 0.6 is 0 Å². The van der Waals surface area contributed by atoms with Gasteiger partial charge in [0.15, 0.2) is 0 Å². The molecule has 2 fully saturated rings. The largest absolute Gasteiger partial charge is 0.478 e. The lowest BCUT2D eigenvalue weighted by Gasteiger charge is -2.25. The second-order valence-corrected chi connectivity index (χ2v) is 5.65. The zero-order valence-electron chi connectivity index (χ0n) is 10.5. The van der Waals surface area contributed by atoms with Gasteiger partial charge >= 0.3 is 5.97 Å². The van der Waals surface area contributed by atoms with Gasteiger partial charge in [0.2, 0.25) is 0 Å². The summed E-state index contributed by atoms with van der Waals surface area (Å²) in [6.45, 7) is 0. The molecule has 2 saturated carbocycles. The third-order valence-electron chi connectivity index (χ3n) is 4.45. The van der Waals surface area contributed by atoms with Gasteiger partial charge in [-0.25, -0.2) is 9.18 Å². The molecule has 2 bridgehead atoms. The van der Waals surface area contributed by atoms with Crippen molar-refractivity contribution >= 4 is 17.3 Å². The second kappa shape index (κ2) is 4.40. The Labute approximate surface area is 110 Å². The number of halogens is 1. The topological polar surface area (TPSA) is 75.4 Å². The molecular formula is C14H17FN2O2. The van der Waals surface area contributed by atoms with Crippen LogP contribution in [0.4, 0.5) is 15.8 Å². The summed E-state index contributed by atoms with van der Waals surface area (Å²) in [7, 11) is 0. The van der Waals surface area contributed by atoms with E-state index < -0.39 is 11.8 Å². The number of hydrogen-bond donors (Lipinski definition) is 3. The first-order valence-corrected chi connectivity index (χ1v) is 6.63. The van der Waals surface area contributed by atoms with Crippen molar-refractivity contribution in [3.63, 3.8) is 0 Å². The average molecular weight is 264 g/mol. The molecule has 3 unspecified atom stereocenters. The zero-order chi connectivity index (χ0) is 13.6. The highest BCUT2D eigenvalue weighted by molar-refractivity contribution is 5.90. The molecular weight excluding hydrogens is 247 g/mol. The first-order valence-electron chi connectivity index (χ1n) is 6.63. The molecule has 2 aliphatic rings. The number of benzene rings is 1. The van der Waals surface area contributed by atoms with E-state index in [9.17, 15) is 9.18 Å². The molecule has 0 radical (unpaired) electrons. The van der Waals surface area contributed by atoms with Crippen LogP contribution in [-0.4, -0.2) is 17.1 Å². The Kier molecular flexibility index (Phi) is 2.84. The Hall–Kier alpha value is -1.78. The Balaban J connectivity index is 1.81. The van der Waals surface area contributed by atoms with E-state index in [1.54, 1.807) is 0 Å². The quantitative estimate of drug-likeness (QED) is 0.734. The van der Waals surface area contributed by atoms with Crippen LogP contribution in [0.15, 0.2) is 12.1 Å². The van der Waals surface area contributed by atoms with Gasteiger partial charge < -0.3 is 16.2 Å². The number of rotatable bonds is 3. The van der Waals surface area contributed by atoms with E-state index in [0.29, 0.717) is 23.3 Å². The predicted molar refractivity (Wildman–Crippen MR) is 70.6 cm³/mol. The summed E-state index contributed by atoms with van der Waals surface area (Å²) >= 11 is 0. The van der Waals surface area contributed by atoms with E-state index >= 15 is 0 Å². The van der Waals surface area contributed by atoms with Crippen LogP contribution in [-0.2, 0) is 0 Å². The highest BCUT2D eigenvalue weighted by Gasteiger charge is 2.39. The Morgan fingerprint density at radius 1 is 1.37 bits per heavy atom. The number of anilines is 2.